The van der Waals surface area contributed by atoms with Crippen LogP contribution >= 0.6 is 11.3 Å². The Morgan fingerprint density at radius 1 is 1.67 bits per heavy atom. The summed E-state index contributed by atoms with van der Waals surface area (Å²) < 4.78 is 0. The van der Waals surface area contributed by atoms with Crippen LogP contribution in [0.5, 0.6) is 0 Å². The molecule has 3 N–H and O–H groups in total. The molecule has 0 saturated carbocycles. The van der Waals surface area contributed by atoms with Gasteiger partial charge in [-0.05, 0) is 24.8 Å². The van der Waals surface area contributed by atoms with Crippen molar-refractivity contribution in [2.75, 3.05) is 6.54 Å². The maximum atomic E-state index is 9.20. The van der Waals surface area contributed by atoms with Crippen molar-refractivity contribution >= 4 is 11.3 Å². The Balaban J connectivity index is 2.57. The van der Waals surface area contributed by atoms with Crippen LogP contribution in [0, 0.1) is 0 Å². The molecule has 12 heavy (non-hydrogen) atoms. The number of aliphatic hydroxyl groups is 1. The molecule has 2 nitrogen and oxygen atoms in total. The summed E-state index contributed by atoms with van der Waals surface area (Å²) in [6.07, 6.45) is 0.498. The third kappa shape index (κ3) is 2.59. The Morgan fingerprint density at radius 2 is 2.42 bits per heavy atom. The first-order valence-corrected chi connectivity index (χ1v) is 5.03. The van der Waals surface area contributed by atoms with Gasteiger partial charge in [-0.15, -0.1) is 11.3 Å². The molecule has 3 heteroatoms. The fourth-order valence-corrected chi connectivity index (χ4v) is 2.12. The molecule has 0 fully saturated rings. The van der Waals surface area contributed by atoms with Gasteiger partial charge in [-0.25, -0.2) is 0 Å². The zero-order chi connectivity index (χ0) is 8.97. The van der Waals surface area contributed by atoms with E-state index in [0.29, 0.717) is 12.5 Å². The molecule has 0 saturated heterocycles. The molecule has 2 atom stereocenters. The third-order valence-corrected chi connectivity index (χ3v) is 2.89. The summed E-state index contributed by atoms with van der Waals surface area (Å²) >= 11 is 1.71. The summed E-state index contributed by atoms with van der Waals surface area (Å²) in [6.45, 7) is 2.42. The summed E-state index contributed by atoms with van der Waals surface area (Å²) in [4.78, 5) is 1.28. The largest absolute Gasteiger partial charge is 0.393 e. The first kappa shape index (κ1) is 9.71. The number of nitrogens with two attached hydrogens (primary N) is 1. The predicted molar refractivity (Wildman–Crippen MR) is 52.4 cm³/mol. The highest BCUT2D eigenvalue weighted by Crippen LogP contribution is 2.24. The monoisotopic (exact) mass is 185 g/mol. The van der Waals surface area contributed by atoms with E-state index in [0.717, 1.165) is 6.42 Å². The molecule has 0 aliphatic rings. The molecule has 0 aliphatic carbocycles. The van der Waals surface area contributed by atoms with Crippen LogP contribution in [0.1, 0.15) is 24.1 Å². The average molecular weight is 185 g/mol. The van der Waals surface area contributed by atoms with Crippen molar-refractivity contribution in [1.29, 1.82) is 0 Å². The summed E-state index contributed by atoms with van der Waals surface area (Å²) in [5.41, 5.74) is 5.61. The summed E-state index contributed by atoms with van der Waals surface area (Å²) in [6, 6.07) is 4.09. The minimum Gasteiger partial charge on any atom is -0.393 e. The molecule has 0 spiro atoms. The van der Waals surface area contributed by atoms with Gasteiger partial charge in [0.15, 0.2) is 0 Å². The lowest BCUT2D eigenvalue weighted by Crippen LogP contribution is -2.16. The zero-order valence-corrected chi connectivity index (χ0v) is 8.05. The van der Waals surface area contributed by atoms with Gasteiger partial charge in [0.2, 0.25) is 0 Å². The standard InChI is InChI=1S/C9H15NOS/c1-7(11)5-8(6-10)9-3-2-4-12-9/h2-4,7-8,11H,5-6,10H2,1H3. The van der Waals surface area contributed by atoms with Crippen molar-refractivity contribution in [3.8, 4) is 0 Å². The Labute approximate surface area is 77.0 Å². The Bertz CT molecular complexity index is 208. The van der Waals surface area contributed by atoms with Crippen molar-refractivity contribution < 1.29 is 5.11 Å². The molecular formula is C9H15NOS. The SMILES string of the molecule is CC(O)CC(CN)c1cccs1. The molecule has 1 heterocycles. The number of aliphatic hydroxyl groups excluding tert-OH is 1. The smallest absolute Gasteiger partial charge is 0.0518 e. The molecule has 1 rings (SSSR count). The van der Waals surface area contributed by atoms with Crippen LogP contribution in [0.3, 0.4) is 0 Å². The molecule has 0 amide bonds. The Kier molecular flexibility index (Phi) is 3.72. The van der Waals surface area contributed by atoms with Gasteiger partial charge < -0.3 is 10.8 Å². The van der Waals surface area contributed by atoms with Crippen molar-refractivity contribution in [1.82, 2.24) is 0 Å². The van der Waals surface area contributed by atoms with Gasteiger partial charge in [-0.2, -0.15) is 0 Å². The van der Waals surface area contributed by atoms with E-state index in [4.69, 9.17) is 5.73 Å². The van der Waals surface area contributed by atoms with E-state index in [1.165, 1.54) is 4.88 Å². The molecule has 0 aromatic carbocycles. The molecule has 1 aromatic rings. The second-order valence-corrected chi connectivity index (χ2v) is 4.01. The Hall–Kier alpha value is -0.380. The lowest BCUT2D eigenvalue weighted by molar-refractivity contribution is 0.175. The second-order valence-electron chi connectivity index (χ2n) is 3.03. The van der Waals surface area contributed by atoms with E-state index >= 15 is 0 Å². The normalized spacial score (nSPS) is 15.9. The third-order valence-electron chi connectivity index (χ3n) is 1.86. The van der Waals surface area contributed by atoms with Gasteiger partial charge in [0.05, 0.1) is 6.10 Å². The number of hydrogen-bond acceptors (Lipinski definition) is 3. The van der Waals surface area contributed by atoms with Crippen LogP contribution < -0.4 is 5.73 Å². The minimum atomic E-state index is -0.263. The van der Waals surface area contributed by atoms with E-state index < -0.39 is 0 Å². The number of thiophene rings is 1. The van der Waals surface area contributed by atoms with Gasteiger partial charge in [-0.1, -0.05) is 6.07 Å². The molecule has 1 aromatic heterocycles. The van der Waals surface area contributed by atoms with Gasteiger partial charge in [0.25, 0.3) is 0 Å². The molecular weight excluding hydrogens is 170 g/mol. The van der Waals surface area contributed by atoms with Gasteiger partial charge in [0.1, 0.15) is 0 Å². The highest BCUT2D eigenvalue weighted by Gasteiger charge is 2.12. The lowest BCUT2D eigenvalue weighted by Gasteiger charge is -2.14. The van der Waals surface area contributed by atoms with Crippen LogP contribution in [0.2, 0.25) is 0 Å². The molecule has 0 radical (unpaired) electrons. The maximum Gasteiger partial charge on any atom is 0.0518 e. The van der Waals surface area contributed by atoms with Gasteiger partial charge >= 0.3 is 0 Å². The fraction of sp³-hybridized carbons (Fsp3) is 0.556. The van der Waals surface area contributed by atoms with Gasteiger partial charge in [0, 0.05) is 17.3 Å². The molecule has 0 bridgehead atoms. The Morgan fingerprint density at radius 3 is 2.83 bits per heavy atom. The summed E-state index contributed by atoms with van der Waals surface area (Å²) in [5.74, 6) is 0.324. The van der Waals surface area contributed by atoms with E-state index in [1.807, 2.05) is 11.4 Å². The maximum absolute atomic E-state index is 9.20. The highest BCUT2D eigenvalue weighted by atomic mass is 32.1. The number of rotatable bonds is 4. The lowest BCUT2D eigenvalue weighted by atomic mass is 10.0. The van der Waals surface area contributed by atoms with Crippen LogP contribution in [-0.2, 0) is 0 Å². The summed E-state index contributed by atoms with van der Waals surface area (Å²) in [5, 5.41) is 11.2. The molecule has 0 aliphatic heterocycles. The van der Waals surface area contributed by atoms with E-state index in [-0.39, 0.29) is 6.10 Å². The van der Waals surface area contributed by atoms with Crippen molar-refractivity contribution in [3.63, 3.8) is 0 Å². The molecule has 2 unspecified atom stereocenters. The molecule has 68 valence electrons. The minimum absolute atomic E-state index is 0.263. The zero-order valence-electron chi connectivity index (χ0n) is 7.23. The highest BCUT2D eigenvalue weighted by molar-refractivity contribution is 7.10. The van der Waals surface area contributed by atoms with Crippen LogP contribution in [-0.4, -0.2) is 17.8 Å². The van der Waals surface area contributed by atoms with Crippen LogP contribution in [0.4, 0.5) is 0 Å². The quantitative estimate of drug-likeness (QED) is 0.747. The van der Waals surface area contributed by atoms with Crippen molar-refractivity contribution in [2.45, 2.75) is 25.4 Å². The topological polar surface area (TPSA) is 46.2 Å². The predicted octanol–water partition coefficient (Wildman–Crippen LogP) is 1.56. The average Bonchev–Trinajstić information content (AvgIpc) is 2.51. The van der Waals surface area contributed by atoms with E-state index in [1.54, 1.807) is 18.3 Å². The van der Waals surface area contributed by atoms with Crippen molar-refractivity contribution in [3.05, 3.63) is 22.4 Å². The first-order chi connectivity index (χ1) is 5.74. The second kappa shape index (κ2) is 4.60. The fourth-order valence-electron chi connectivity index (χ4n) is 1.26. The summed E-state index contributed by atoms with van der Waals surface area (Å²) in [7, 11) is 0. The van der Waals surface area contributed by atoms with Crippen LogP contribution in [0.25, 0.3) is 0 Å². The van der Waals surface area contributed by atoms with E-state index in [9.17, 15) is 5.11 Å². The first-order valence-electron chi connectivity index (χ1n) is 4.15. The van der Waals surface area contributed by atoms with E-state index in [2.05, 4.69) is 6.07 Å². The van der Waals surface area contributed by atoms with Gasteiger partial charge in [-0.3, -0.25) is 0 Å². The van der Waals surface area contributed by atoms with Crippen LogP contribution in [0.15, 0.2) is 17.5 Å². The number of hydrogen-bond donors (Lipinski definition) is 2. The van der Waals surface area contributed by atoms with Crippen molar-refractivity contribution in [2.24, 2.45) is 5.73 Å².